The molecule has 1 heterocycles. The fraction of sp³-hybridized carbons (Fsp3) is 0.412. The Labute approximate surface area is 144 Å². The highest BCUT2D eigenvalue weighted by Gasteiger charge is 2.38. The van der Waals surface area contributed by atoms with Gasteiger partial charge in [-0.15, -0.1) is 0 Å². The number of aliphatic carboxylic acids is 1. The largest absolute Gasteiger partial charge is 0.480 e. The molecule has 1 aliphatic heterocycles. The van der Waals surface area contributed by atoms with Crippen LogP contribution >= 0.6 is 0 Å². The van der Waals surface area contributed by atoms with Gasteiger partial charge in [0.15, 0.2) is 0 Å². The Morgan fingerprint density at radius 3 is 2.76 bits per heavy atom. The predicted octanol–water partition coefficient (Wildman–Crippen LogP) is -0.348. The van der Waals surface area contributed by atoms with Crippen molar-refractivity contribution in [2.75, 3.05) is 6.54 Å². The summed E-state index contributed by atoms with van der Waals surface area (Å²) in [5.41, 5.74) is 0.997. The van der Waals surface area contributed by atoms with Gasteiger partial charge in [0.2, 0.25) is 11.8 Å². The molecular weight excluding hydrogens is 326 g/mol. The van der Waals surface area contributed by atoms with Crippen molar-refractivity contribution in [2.24, 2.45) is 0 Å². The molecule has 1 aliphatic rings. The SMILES string of the molecule is CC(=O)N1C[C@H](O)C[C@H]1C(=O)N[C@@H](Cc1cccc(C#N)c1)C(=O)O. The number of β-amino-alcohol motifs (C(OH)–C–C–N with tert-alkyl or cyclic N) is 1. The smallest absolute Gasteiger partial charge is 0.326 e. The number of rotatable bonds is 5. The molecule has 25 heavy (non-hydrogen) atoms. The average molecular weight is 345 g/mol. The van der Waals surface area contributed by atoms with E-state index in [9.17, 15) is 24.6 Å². The van der Waals surface area contributed by atoms with E-state index in [0.717, 1.165) is 0 Å². The molecule has 0 aromatic heterocycles. The maximum Gasteiger partial charge on any atom is 0.326 e. The van der Waals surface area contributed by atoms with Crippen LogP contribution in [0.4, 0.5) is 0 Å². The number of nitriles is 1. The lowest BCUT2D eigenvalue weighted by Crippen LogP contribution is -2.51. The summed E-state index contributed by atoms with van der Waals surface area (Å²) in [7, 11) is 0. The number of aliphatic hydroxyl groups excluding tert-OH is 1. The third kappa shape index (κ3) is 4.55. The van der Waals surface area contributed by atoms with Crippen molar-refractivity contribution in [1.82, 2.24) is 10.2 Å². The van der Waals surface area contributed by atoms with Crippen molar-refractivity contribution in [3.8, 4) is 6.07 Å². The number of hydrogen-bond donors (Lipinski definition) is 3. The molecule has 1 fully saturated rings. The van der Waals surface area contributed by atoms with Gasteiger partial charge in [0.25, 0.3) is 0 Å². The molecule has 0 bridgehead atoms. The van der Waals surface area contributed by atoms with E-state index in [-0.39, 0.29) is 25.3 Å². The zero-order valence-corrected chi connectivity index (χ0v) is 13.7. The molecule has 132 valence electrons. The van der Waals surface area contributed by atoms with Gasteiger partial charge < -0.3 is 20.4 Å². The van der Waals surface area contributed by atoms with Crippen molar-refractivity contribution < 1.29 is 24.6 Å². The summed E-state index contributed by atoms with van der Waals surface area (Å²) < 4.78 is 0. The molecule has 0 unspecified atom stereocenters. The van der Waals surface area contributed by atoms with Gasteiger partial charge in [-0.25, -0.2) is 4.79 Å². The Morgan fingerprint density at radius 1 is 1.44 bits per heavy atom. The van der Waals surface area contributed by atoms with Crippen LogP contribution in [0.5, 0.6) is 0 Å². The van der Waals surface area contributed by atoms with Crippen molar-refractivity contribution in [1.29, 1.82) is 5.26 Å². The molecule has 1 saturated heterocycles. The van der Waals surface area contributed by atoms with Gasteiger partial charge >= 0.3 is 5.97 Å². The number of carboxylic acid groups (broad SMARTS) is 1. The number of carboxylic acids is 1. The molecule has 3 N–H and O–H groups in total. The van der Waals surface area contributed by atoms with Gasteiger partial charge in [0.05, 0.1) is 17.7 Å². The highest BCUT2D eigenvalue weighted by Crippen LogP contribution is 2.18. The lowest BCUT2D eigenvalue weighted by Gasteiger charge is -2.24. The fourth-order valence-electron chi connectivity index (χ4n) is 2.88. The molecule has 3 atom stereocenters. The third-order valence-corrected chi connectivity index (χ3v) is 4.10. The van der Waals surface area contributed by atoms with Crippen LogP contribution in [0.1, 0.15) is 24.5 Å². The first-order valence-corrected chi connectivity index (χ1v) is 7.79. The summed E-state index contributed by atoms with van der Waals surface area (Å²) in [6, 6.07) is 6.35. The van der Waals surface area contributed by atoms with Crippen LogP contribution in [0.25, 0.3) is 0 Å². The first-order chi connectivity index (χ1) is 11.8. The first kappa shape index (κ1) is 18.4. The minimum atomic E-state index is -1.22. The molecular formula is C17H19N3O5. The van der Waals surface area contributed by atoms with Gasteiger partial charge in [-0.3, -0.25) is 9.59 Å². The molecule has 1 aromatic rings. The second kappa shape index (κ2) is 7.77. The van der Waals surface area contributed by atoms with E-state index >= 15 is 0 Å². The van der Waals surface area contributed by atoms with E-state index in [2.05, 4.69) is 5.32 Å². The second-order valence-electron chi connectivity index (χ2n) is 5.99. The highest BCUT2D eigenvalue weighted by molar-refractivity contribution is 5.90. The Bertz CT molecular complexity index is 727. The van der Waals surface area contributed by atoms with Gasteiger partial charge in [0.1, 0.15) is 12.1 Å². The number of nitrogens with zero attached hydrogens (tertiary/aromatic N) is 2. The molecule has 0 saturated carbocycles. The number of aliphatic hydroxyl groups is 1. The summed E-state index contributed by atoms with van der Waals surface area (Å²) in [5, 5.41) is 30.4. The summed E-state index contributed by atoms with van der Waals surface area (Å²) in [6.45, 7) is 1.34. The van der Waals surface area contributed by atoms with E-state index in [1.807, 2.05) is 6.07 Å². The standard InChI is InChI=1S/C17H19N3O5/c1-10(21)20-9-13(22)7-15(20)16(23)19-14(17(24)25)6-11-3-2-4-12(5-11)8-18/h2-5,13-15,22H,6-7,9H2,1H3,(H,19,23)(H,24,25)/t13-,14+,15+/m1/s1. The minimum Gasteiger partial charge on any atom is -0.480 e. The molecule has 2 rings (SSSR count). The lowest BCUT2D eigenvalue weighted by atomic mass is 10.0. The van der Waals surface area contributed by atoms with Crippen LogP contribution in [0.2, 0.25) is 0 Å². The van der Waals surface area contributed by atoms with Crippen LogP contribution in [0.3, 0.4) is 0 Å². The Balaban J connectivity index is 2.10. The number of hydrogen-bond acceptors (Lipinski definition) is 5. The van der Waals surface area contributed by atoms with E-state index in [0.29, 0.717) is 11.1 Å². The van der Waals surface area contributed by atoms with Gasteiger partial charge in [-0.05, 0) is 17.7 Å². The van der Waals surface area contributed by atoms with Crippen LogP contribution in [0.15, 0.2) is 24.3 Å². The number of carbonyl (C=O) groups is 3. The average Bonchev–Trinajstić information content (AvgIpc) is 2.96. The Hall–Kier alpha value is -2.92. The maximum absolute atomic E-state index is 12.4. The highest BCUT2D eigenvalue weighted by atomic mass is 16.4. The molecule has 0 spiro atoms. The molecule has 1 aromatic carbocycles. The van der Waals surface area contributed by atoms with E-state index in [1.165, 1.54) is 11.8 Å². The molecule has 8 nitrogen and oxygen atoms in total. The fourth-order valence-corrected chi connectivity index (χ4v) is 2.88. The summed E-state index contributed by atoms with van der Waals surface area (Å²) in [6.07, 6.45) is -0.733. The normalized spacial score (nSPS) is 20.6. The van der Waals surface area contributed by atoms with Gasteiger partial charge in [-0.1, -0.05) is 12.1 Å². The number of likely N-dealkylation sites (tertiary alicyclic amines) is 1. The number of benzene rings is 1. The third-order valence-electron chi connectivity index (χ3n) is 4.10. The predicted molar refractivity (Wildman–Crippen MR) is 86.2 cm³/mol. The first-order valence-electron chi connectivity index (χ1n) is 7.79. The van der Waals surface area contributed by atoms with E-state index in [1.54, 1.807) is 24.3 Å². The maximum atomic E-state index is 12.4. The zero-order valence-electron chi connectivity index (χ0n) is 13.7. The zero-order chi connectivity index (χ0) is 18.6. The van der Waals surface area contributed by atoms with Crippen molar-refractivity contribution in [3.63, 3.8) is 0 Å². The topological polar surface area (TPSA) is 131 Å². The van der Waals surface area contributed by atoms with E-state index < -0.39 is 30.1 Å². The summed E-state index contributed by atoms with van der Waals surface area (Å²) >= 11 is 0. The Kier molecular flexibility index (Phi) is 5.72. The summed E-state index contributed by atoms with van der Waals surface area (Å²) in [5.74, 6) is -2.19. The van der Waals surface area contributed by atoms with Crippen molar-refractivity contribution >= 4 is 17.8 Å². The Morgan fingerprint density at radius 2 is 2.16 bits per heavy atom. The monoisotopic (exact) mass is 345 g/mol. The summed E-state index contributed by atoms with van der Waals surface area (Å²) in [4.78, 5) is 36.7. The number of carbonyl (C=O) groups excluding carboxylic acids is 2. The van der Waals surface area contributed by atoms with E-state index in [4.69, 9.17) is 5.26 Å². The molecule has 0 aliphatic carbocycles. The quantitative estimate of drug-likeness (QED) is 0.669. The van der Waals surface area contributed by atoms with Crippen LogP contribution < -0.4 is 5.32 Å². The van der Waals surface area contributed by atoms with Crippen molar-refractivity contribution in [3.05, 3.63) is 35.4 Å². The van der Waals surface area contributed by atoms with Crippen LogP contribution in [-0.4, -0.2) is 57.6 Å². The number of amides is 2. The lowest BCUT2D eigenvalue weighted by molar-refractivity contribution is -0.143. The van der Waals surface area contributed by atoms with Crippen molar-refractivity contribution in [2.45, 2.75) is 38.0 Å². The van der Waals surface area contributed by atoms with Crippen LogP contribution in [-0.2, 0) is 20.8 Å². The second-order valence-corrected chi connectivity index (χ2v) is 5.99. The molecule has 2 amide bonds. The minimum absolute atomic E-state index is 0.00589. The molecule has 8 heteroatoms. The van der Waals surface area contributed by atoms with Gasteiger partial charge in [-0.2, -0.15) is 5.26 Å². The van der Waals surface area contributed by atoms with Crippen LogP contribution in [0, 0.1) is 11.3 Å². The molecule has 0 radical (unpaired) electrons. The van der Waals surface area contributed by atoms with Gasteiger partial charge in [0, 0.05) is 26.3 Å². The number of nitrogens with one attached hydrogen (secondary N) is 1.